The Bertz CT molecular complexity index is 536. The van der Waals surface area contributed by atoms with E-state index in [1.54, 1.807) is 6.92 Å². The van der Waals surface area contributed by atoms with E-state index in [1.165, 1.54) is 10.8 Å². The molecule has 2 atom stereocenters. The number of nitrogens with zero attached hydrogens (tertiary/aromatic N) is 1. The van der Waals surface area contributed by atoms with E-state index in [0.717, 1.165) is 0 Å². The van der Waals surface area contributed by atoms with Gasteiger partial charge in [0.15, 0.2) is 5.72 Å². The summed E-state index contributed by atoms with van der Waals surface area (Å²) in [5.41, 5.74) is -1.02. The van der Waals surface area contributed by atoms with Crippen LogP contribution in [0.4, 0.5) is 0 Å². The van der Waals surface area contributed by atoms with E-state index in [1.807, 2.05) is 0 Å². The van der Waals surface area contributed by atoms with Gasteiger partial charge in [0.25, 0.3) is 5.56 Å². The van der Waals surface area contributed by atoms with Crippen LogP contribution in [-0.2, 0) is 15.2 Å². The minimum absolute atomic E-state index is 0.0686. The molecule has 0 amide bonds. The third-order valence-electron chi connectivity index (χ3n) is 3.19. The summed E-state index contributed by atoms with van der Waals surface area (Å²) in [5.74, 6) is 0. The van der Waals surface area contributed by atoms with Crippen molar-refractivity contribution in [3.63, 3.8) is 0 Å². The Kier molecular flexibility index (Phi) is 1.87. The van der Waals surface area contributed by atoms with Crippen molar-refractivity contribution in [3.8, 4) is 0 Å². The Morgan fingerprint density at radius 3 is 2.94 bits per heavy atom. The van der Waals surface area contributed by atoms with Gasteiger partial charge in [0.1, 0.15) is 0 Å². The Morgan fingerprint density at radius 1 is 1.56 bits per heavy atom. The molecular weight excluding hydrogens is 212 g/mol. The highest BCUT2D eigenvalue weighted by molar-refractivity contribution is 5.05. The van der Waals surface area contributed by atoms with Gasteiger partial charge in [-0.25, -0.2) is 4.79 Å². The Labute approximate surface area is 90.8 Å². The third-order valence-corrected chi connectivity index (χ3v) is 3.19. The van der Waals surface area contributed by atoms with Crippen molar-refractivity contribution < 1.29 is 9.47 Å². The maximum absolute atomic E-state index is 11.7. The lowest BCUT2D eigenvalue weighted by molar-refractivity contribution is -0.139. The molecule has 3 heterocycles. The molecule has 16 heavy (non-hydrogen) atoms. The molecule has 0 aromatic carbocycles. The quantitative estimate of drug-likeness (QED) is 0.685. The van der Waals surface area contributed by atoms with E-state index in [0.29, 0.717) is 25.2 Å². The summed E-state index contributed by atoms with van der Waals surface area (Å²) >= 11 is 0. The molecule has 6 heteroatoms. The van der Waals surface area contributed by atoms with Gasteiger partial charge in [-0.05, 0) is 6.92 Å². The fraction of sp³-hybridized carbons (Fsp3) is 0.600. The van der Waals surface area contributed by atoms with E-state index in [2.05, 4.69) is 4.98 Å². The highest BCUT2D eigenvalue weighted by atomic mass is 16.6. The zero-order chi connectivity index (χ0) is 11.3. The molecule has 2 fully saturated rings. The van der Waals surface area contributed by atoms with Gasteiger partial charge in [0.2, 0.25) is 0 Å². The lowest BCUT2D eigenvalue weighted by Crippen LogP contribution is -2.45. The molecule has 2 bridgehead atoms. The molecule has 2 saturated heterocycles. The largest absolute Gasteiger partial charge is 0.371 e. The highest BCUT2D eigenvalue weighted by Gasteiger charge is 2.49. The number of fused-ring (bicyclic) bond motifs is 2. The first-order valence-corrected chi connectivity index (χ1v) is 5.19. The number of H-pyrrole nitrogens is 1. The van der Waals surface area contributed by atoms with Gasteiger partial charge in [-0.1, -0.05) is 0 Å². The minimum atomic E-state index is -0.712. The molecule has 0 aliphatic carbocycles. The van der Waals surface area contributed by atoms with E-state index >= 15 is 0 Å². The number of rotatable bonds is 1. The number of ether oxygens (including phenoxy) is 2. The van der Waals surface area contributed by atoms with Crippen LogP contribution >= 0.6 is 0 Å². The van der Waals surface area contributed by atoms with Crippen molar-refractivity contribution in [3.05, 3.63) is 32.6 Å². The summed E-state index contributed by atoms with van der Waals surface area (Å²) in [6, 6.07) is 0. The van der Waals surface area contributed by atoms with Gasteiger partial charge in [-0.2, -0.15) is 0 Å². The third kappa shape index (κ3) is 1.20. The second-order valence-corrected chi connectivity index (χ2v) is 4.34. The number of nitrogens with one attached hydrogen (secondary N) is 1. The molecule has 2 aliphatic heterocycles. The fourth-order valence-corrected chi connectivity index (χ4v) is 2.28. The first kappa shape index (κ1) is 9.80. The molecule has 0 radical (unpaired) electrons. The minimum Gasteiger partial charge on any atom is -0.371 e. The lowest BCUT2D eigenvalue weighted by atomic mass is 10.1. The van der Waals surface area contributed by atoms with Crippen LogP contribution < -0.4 is 11.2 Å². The first-order valence-electron chi connectivity index (χ1n) is 5.19. The summed E-state index contributed by atoms with van der Waals surface area (Å²) in [4.78, 5) is 25.3. The summed E-state index contributed by atoms with van der Waals surface area (Å²) in [6.45, 7) is 2.53. The summed E-state index contributed by atoms with van der Waals surface area (Å²) in [5, 5.41) is 0. The summed E-state index contributed by atoms with van der Waals surface area (Å²) in [7, 11) is 0. The van der Waals surface area contributed by atoms with Crippen LogP contribution in [0.5, 0.6) is 0 Å². The predicted molar refractivity (Wildman–Crippen MR) is 54.3 cm³/mol. The molecule has 1 aromatic rings. The van der Waals surface area contributed by atoms with Gasteiger partial charge >= 0.3 is 5.69 Å². The van der Waals surface area contributed by atoms with Crippen molar-refractivity contribution in [2.45, 2.75) is 25.2 Å². The van der Waals surface area contributed by atoms with Gasteiger partial charge < -0.3 is 9.47 Å². The van der Waals surface area contributed by atoms with Crippen molar-refractivity contribution in [1.29, 1.82) is 0 Å². The Balaban J connectivity index is 2.17. The summed E-state index contributed by atoms with van der Waals surface area (Å²) in [6.07, 6.45) is 2.27. The van der Waals surface area contributed by atoms with Crippen LogP contribution in [0, 0.1) is 6.92 Å². The van der Waals surface area contributed by atoms with E-state index in [4.69, 9.17) is 9.47 Å². The van der Waals surface area contributed by atoms with E-state index in [-0.39, 0.29) is 11.7 Å². The molecule has 0 saturated carbocycles. The zero-order valence-electron chi connectivity index (χ0n) is 8.86. The molecule has 1 N–H and O–H groups in total. The first-order chi connectivity index (χ1) is 7.61. The molecular formula is C10H12N2O4. The van der Waals surface area contributed by atoms with Crippen molar-refractivity contribution in [1.82, 2.24) is 9.55 Å². The van der Waals surface area contributed by atoms with Gasteiger partial charge in [0.05, 0.1) is 19.3 Å². The maximum atomic E-state index is 11.7. The number of aromatic amines is 1. The van der Waals surface area contributed by atoms with Crippen molar-refractivity contribution in [2.75, 3.05) is 13.2 Å². The molecule has 2 unspecified atom stereocenters. The van der Waals surface area contributed by atoms with E-state index < -0.39 is 11.4 Å². The van der Waals surface area contributed by atoms with Crippen LogP contribution in [0.15, 0.2) is 15.8 Å². The van der Waals surface area contributed by atoms with Crippen molar-refractivity contribution in [2.24, 2.45) is 0 Å². The van der Waals surface area contributed by atoms with Gasteiger partial charge in [-0.3, -0.25) is 14.3 Å². The van der Waals surface area contributed by atoms with Crippen LogP contribution in [0.1, 0.15) is 12.0 Å². The average Bonchev–Trinajstić information content (AvgIpc) is 2.84. The molecule has 1 aromatic heterocycles. The van der Waals surface area contributed by atoms with Crippen LogP contribution in [0.25, 0.3) is 0 Å². The fourth-order valence-electron chi connectivity index (χ4n) is 2.28. The number of aryl methyl sites for hydroxylation is 1. The van der Waals surface area contributed by atoms with Crippen LogP contribution in [0.3, 0.4) is 0 Å². The topological polar surface area (TPSA) is 73.3 Å². The van der Waals surface area contributed by atoms with E-state index in [9.17, 15) is 9.59 Å². The average molecular weight is 224 g/mol. The second-order valence-electron chi connectivity index (χ2n) is 4.34. The van der Waals surface area contributed by atoms with Crippen LogP contribution in [0.2, 0.25) is 0 Å². The second kappa shape index (κ2) is 3.05. The molecule has 86 valence electrons. The smallest absolute Gasteiger partial charge is 0.330 e. The molecule has 0 spiro atoms. The molecule has 2 aliphatic rings. The van der Waals surface area contributed by atoms with Gasteiger partial charge in [-0.15, -0.1) is 0 Å². The van der Waals surface area contributed by atoms with Crippen molar-refractivity contribution >= 4 is 0 Å². The van der Waals surface area contributed by atoms with Gasteiger partial charge in [0, 0.05) is 18.2 Å². The standard InChI is InChI=1S/C10H12N2O4/c1-6-3-12(9(14)11-8(6)13)10-2-7(4-16-10)15-5-10/h3,7H,2,4-5H2,1H3,(H,11,13,14). The SMILES string of the molecule is Cc1cn(C23COC(CO2)C3)c(=O)[nH]c1=O. The zero-order valence-corrected chi connectivity index (χ0v) is 8.86. The Morgan fingerprint density at radius 2 is 2.38 bits per heavy atom. The predicted octanol–water partition coefficient (Wildman–Crippen LogP) is -0.683. The highest BCUT2D eigenvalue weighted by Crippen LogP contribution is 2.38. The lowest BCUT2D eigenvalue weighted by Gasteiger charge is -2.27. The number of hydrogen-bond donors (Lipinski definition) is 1. The van der Waals surface area contributed by atoms with Crippen LogP contribution in [-0.4, -0.2) is 28.9 Å². The Hall–Kier alpha value is -1.40. The molecule has 6 nitrogen and oxygen atoms in total. The molecule has 3 rings (SSSR count). The number of hydrogen-bond acceptors (Lipinski definition) is 4. The summed E-state index contributed by atoms with van der Waals surface area (Å²) < 4.78 is 12.5. The number of aromatic nitrogens is 2. The maximum Gasteiger partial charge on any atom is 0.330 e. The monoisotopic (exact) mass is 224 g/mol. The normalized spacial score (nSPS) is 32.2.